The Kier molecular flexibility index (Phi) is 26.8. The average molecular weight is 414 g/mol. The number of aliphatic imine (C=N–C) groups is 1. The quantitative estimate of drug-likeness (QED) is 0.134. The second-order valence-electron chi connectivity index (χ2n) is 7.56. The van der Waals surface area contributed by atoms with Crippen LogP contribution in [-0.4, -0.2) is 34.8 Å². The van der Waals surface area contributed by atoms with Gasteiger partial charge in [-0.25, -0.2) is 9.79 Å². The highest BCUT2D eigenvalue weighted by Crippen LogP contribution is 2.12. The van der Waals surface area contributed by atoms with Crippen molar-refractivity contribution in [2.45, 2.75) is 122 Å². The van der Waals surface area contributed by atoms with Crippen LogP contribution < -0.4 is 0 Å². The van der Waals surface area contributed by atoms with Crippen molar-refractivity contribution in [3.05, 3.63) is 0 Å². The summed E-state index contributed by atoms with van der Waals surface area (Å²) in [5, 5.41) is 16.3. The normalized spacial score (nSPS) is 9.97. The number of carboxylic acid groups (broad SMARTS) is 2. The van der Waals surface area contributed by atoms with Crippen LogP contribution in [0.2, 0.25) is 0 Å². The second-order valence-corrected chi connectivity index (χ2v) is 7.56. The molecule has 0 radical (unpaired) electrons. The highest BCUT2D eigenvalue weighted by Gasteiger charge is 1.99. The van der Waals surface area contributed by atoms with Crippen molar-refractivity contribution < 1.29 is 24.6 Å². The highest BCUT2D eigenvalue weighted by molar-refractivity contribution is 5.67. The Bertz CT molecular complexity index is 403. The van der Waals surface area contributed by atoms with Gasteiger partial charge in [0.1, 0.15) is 0 Å². The molecule has 29 heavy (non-hydrogen) atoms. The number of carboxylic acids is 2. The molecule has 6 heteroatoms. The number of hydrogen-bond donors (Lipinski definition) is 2. The van der Waals surface area contributed by atoms with E-state index in [1.807, 2.05) is 0 Å². The maximum Gasteiger partial charge on any atom is 0.303 e. The van der Waals surface area contributed by atoms with Gasteiger partial charge in [0.25, 0.3) is 0 Å². The molecule has 2 N–H and O–H groups in total. The van der Waals surface area contributed by atoms with E-state index in [1.165, 1.54) is 83.5 Å². The van der Waals surface area contributed by atoms with Crippen LogP contribution in [0.5, 0.6) is 0 Å². The average Bonchev–Trinajstić information content (AvgIpc) is 2.68. The third-order valence-corrected chi connectivity index (χ3v) is 4.72. The zero-order valence-corrected chi connectivity index (χ0v) is 18.5. The van der Waals surface area contributed by atoms with Gasteiger partial charge in [-0.2, -0.15) is 0 Å². The zero-order chi connectivity index (χ0) is 22.0. The van der Waals surface area contributed by atoms with E-state index in [9.17, 15) is 14.4 Å². The highest BCUT2D eigenvalue weighted by atomic mass is 16.4. The maximum absolute atomic E-state index is 9.90. The number of hydrogen-bond acceptors (Lipinski definition) is 4. The van der Waals surface area contributed by atoms with Gasteiger partial charge in [-0.05, 0) is 19.3 Å². The van der Waals surface area contributed by atoms with Crippen LogP contribution in [-0.2, 0) is 14.4 Å². The first-order chi connectivity index (χ1) is 14.0. The van der Waals surface area contributed by atoms with Gasteiger partial charge in [0.15, 0.2) is 0 Å². The number of unbranched alkanes of at least 4 members (excludes halogenated alkanes) is 14. The second kappa shape index (κ2) is 26.3. The molecular formula is C23H43NO5. The Labute approximate surface area is 177 Å². The minimum Gasteiger partial charge on any atom is -0.481 e. The standard InChI is InChI=1S/C17H33NO.C6H10O4/c1-2-3-4-5-6-7-8-9-10-11-12-13-14-15-16-18-17-19;7-5(8)3-1-2-4-6(9)10/h2-16H2,1H3;1-4H2,(H,7,8)(H,9,10). The molecule has 0 saturated carbocycles. The van der Waals surface area contributed by atoms with Crippen molar-refractivity contribution in [3.8, 4) is 0 Å². The van der Waals surface area contributed by atoms with Crippen LogP contribution in [0.25, 0.3) is 0 Å². The molecule has 0 fully saturated rings. The summed E-state index contributed by atoms with van der Waals surface area (Å²) in [5.41, 5.74) is 0. The molecule has 0 aliphatic carbocycles. The van der Waals surface area contributed by atoms with E-state index in [-0.39, 0.29) is 12.8 Å². The van der Waals surface area contributed by atoms with Gasteiger partial charge in [0.2, 0.25) is 6.08 Å². The van der Waals surface area contributed by atoms with Crippen LogP contribution in [0, 0.1) is 0 Å². The summed E-state index contributed by atoms with van der Waals surface area (Å²) in [4.78, 5) is 33.2. The van der Waals surface area contributed by atoms with Crippen molar-refractivity contribution in [3.63, 3.8) is 0 Å². The smallest absolute Gasteiger partial charge is 0.303 e. The summed E-state index contributed by atoms with van der Waals surface area (Å²) in [6, 6.07) is 0. The Hall–Kier alpha value is -1.68. The lowest BCUT2D eigenvalue weighted by molar-refractivity contribution is -0.139. The molecule has 0 aromatic heterocycles. The molecule has 0 aliphatic heterocycles. The number of isocyanates is 1. The van der Waals surface area contributed by atoms with Crippen LogP contribution in [0.3, 0.4) is 0 Å². The predicted octanol–water partition coefficient (Wildman–Crippen LogP) is 6.52. The first-order valence-corrected chi connectivity index (χ1v) is 11.5. The molecule has 0 atom stereocenters. The molecule has 0 unspecified atom stereocenters. The van der Waals surface area contributed by atoms with E-state index >= 15 is 0 Å². The van der Waals surface area contributed by atoms with Gasteiger partial charge < -0.3 is 10.2 Å². The predicted molar refractivity (Wildman–Crippen MR) is 117 cm³/mol. The Morgan fingerprint density at radius 1 is 0.621 bits per heavy atom. The number of carbonyl (C=O) groups excluding carboxylic acids is 1. The number of nitrogens with zero attached hydrogens (tertiary/aromatic N) is 1. The molecule has 0 bridgehead atoms. The molecule has 0 aliphatic rings. The third kappa shape index (κ3) is 34.2. The van der Waals surface area contributed by atoms with Crippen molar-refractivity contribution in [1.82, 2.24) is 0 Å². The van der Waals surface area contributed by atoms with Gasteiger partial charge in [0, 0.05) is 12.8 Å². The largest absolute Gasteiger partial charge is 0.481 e. The van der Waals surface area contributed by atoms with Crippen molar-refractivity contribution in [1.29, 1.82) is 0 Å². The molecule has 0 rings (SSSR count). The van der Waals surface area contributed by atoms with E-state index < -0.39 is 11.9 Å². The fourth-order valence-electron chi connectivity index (χ4n) is 2.98. The van der Waals surface area contributed by atoms with Crippen molar-refractivity contribution in [2.75, 3.05) is 6.54 Å². The molecule has 0 aromatic rings. The Balaban J connectivity index is 0. The maximum atomic E-state index is 9.90. The van der Waals surface area contributed by atoms with E-state index in [0.29, 0.717) is 19.4 Å². The Morgan fingerprint density at radius 2 is 0.966 bits per heavy atom. The van der Waals surface area contributed by atoms with Crippen LogP contribution in [0.4, 0.5) is 0 Å². The molecule has 0 saturated heterocycles. The molecule has 170 valence electrons. The van der Waals surface area contributed by atoms with Gasteiger partial charge in [-0.3, -0.25) is 9.59 Å². The van der Waals surface area contributed by atoms with Crippen LogP contribution in [0.1, 0.15) is 122 Å². The van der Waals surface area contributed by atoms with Crippen LogP contribution >= 0.6 is 0 Å². The first kappa shape index (κ1) is 29.5. The van der Waals surface area contributed by atoms with Gasteiger partial charge in [-0.15, -0.1) is 0 Å². The topological polar surface area (TPSA) is 104 Å². The summed E-state index contributed by atoms with van der Waals surface area (Å²) in [7, 11) is 0. The number of carbonyl (C=O) groups is 2. The Morgan fingerprint density at radius 3 is 1.28 bits per heavy atom. The third-order valence-electron chi connectivity index (χ3n) is 4.72. The SMILES string of the molecule is CCCCCCCCCCCCCCCCN=C=O.O=C(O)CCCCC(=O)O. The number of aliphatic carboxylic acids is 2. The van der Waals surface area contributed by atoms with Crippen molar-refractivity contribution >= 4 is 18.0 Å². The monoisotopic (exact) mass is 413 g/mol. The molecule has 0 amide bonds. The van der Waals surface area contributed by atoms with E-state index in [4.69, 9.17) is 10.2 Å². The van der Waals surface area contributed by atoms with E-state index in [0.717, 1.165) is 6.42 Å². The van der Waals surface area contributed by atoms with Gasteiger partial charge in [-0.1, -0.05) is 90.4 Å². The first-order valence-electron chi connectivity index (χ1n) is 11.5. The minimum absolute atomic E-state index is 0.0628. The molecule has 0 aromatic carbocycles. The fourth-order valence-corrected chi connectivity index (χ4v) is 2.98. The zero-order valence-electron chi connectivity index (χ0n) is 18.5. The fraction of sp³-hybridized carbons (Fsp3) is 0.870. The number of rotatable bonds is 20. The van der Waals surface area contributed by atoms with E-state index in [1.54, 1.807) is 6.08 Å². The molecule has 0 spiro atoms. The van der Waals surface area contributed by atoms with Crippen molar-refractivity contribution in [2.24, 2.45) is 4.99 Å². The van der Waals surface area contributed by atoms with Gasteiger partial charge >= 0.3 is 11.9 Å². The lowest BCUT2D eigenvalue weighted by atomic mass is 10.0. The molecule has 0 heterocycles. The summed E-state index contributed by atoms with van der Waals surface area (Å²) in [6.45, 7) is 2.94. The summed E-state index contributed by atoms with van der Waals surface area (Å²) < 4.78 is 0. The van der Waals surface area contributed by atoms with E-state index in [2.05, 4.69) is 11.9 Å². The minimum atomic E-state index is -0.870. The molecule has 6 nitrogen and oxygen atoms in total. The lowest BCUT2D eigenvalue weighted by Gasteiger charge is -2.02. The molecular weight excluding hydrogens is 370 g/mol. The lowest BCUT2D eigenvalue weighted by Crippen LogP contribution is -1.97. The van der Waals surface area contributed by atoms with Gasteiger partial charge in [0.05, 0.1) is 6.54 Å². The summed E-state index contributed by atoms with van der Waals surface area (Å²) >= 11 is 0. The summed E-state index contributed by atoms with van der Waals surface area (Å²) in [6.07, 6.45) is 21.7. The van der Waals surface area contributed by atoms with Crippen LogP contribution in [0.15, 0.2) is 4.99 Å². The summed E-state index contributed by atoms with van der Waals surface area (Å²) in [5.74, 6) is -1.74.